The lowest BCUT2D eigenvalue weighted by Gasteiger charge is -2.09. The average Bonchev–Trinajstić information content (AvgIpc) is 2.38. The number of aliphatic hydroxyl groups is 1. The van der Waals surface area contributed by atoms with Crippen molar-refractivity contribution in [2.24, 2.45) is 0 Å². The maximum atomic E-state index is 10.9. The number of aromatic carboxylic acids is 1. The monoisotopic (exact) mass is 251 g/mol. The van der Waals surface area contributed by atoms with E-state index in [1.807, 2.05) is 0 Å². The van der Waals surface area contributed by atoms with Crippen LogP contribution in [0.25, 0.3) is 0 Å². The average molecular weight is 251 g/mol. The number of carboxylic acid groups (broad SMARTS) is 1. The minimum atomic E-state index is -1.19. The van der Waals surface area contributed by atoms with Crippen LogP contribution >= 0.6 is 0 Å². The van der Waals surface area contributed by atoms with Gasteiger partial charge < -0.3 is 20.3 Å². The second-order valence-electron chi connectivity index (χ2n) is 3.09. The third kappa shape index (κ3) is 3.61. The fourth-order valence-electron chi connectivity index (χ4n) is 1.18. The van der Waals surface area contributed by atoms with Crippen LogP contribution in [0.4, 0.5) is 5.82 Å². The fourth-order valence-corrected chi connectivity index (χ4v) is 1.18. The van der Waals surface area contributed by atoms with Gasteiger partial charge in [0.15, 0.2) is 17.3 Å². The molecular formula is C11H13N3O4. The van der Waals surface area contributed by atoms with E-state index in [0.29, 0.717) is 6.42 Å². The lowest BCUT2D eigenvalue weighted by Crippen LogP contribution is -2.10. The van der Waals surface area contributed by atoms with Gasteiger partial charge in [-0.25, -0.2) is 14.8 Å². The van der Waals surface area contributed by atoms with Crippen molar-refractivity contribution >= 4 is 11.8 Å². The standard InChI is InChI=1S/C11H13N3O4/c1-18-9-8(11(16)17)13-7-14-10(9)12-5-3-2-4-6-15/h7,15H,4-6H2,1H3,(H,16,17)(H,12,13,14). The molecule has 0 fully saturated rings. The Balaban J connectivity index is 2.80. The number of carbonyl (C=O) groups is 1. The first-order chi connectivity index (χ1) is 8.70. The topological polar surface area (TPSA) is 105 Å². The minimum absolute atomic E-state index is 0.00693. The van der Waals surface area contributed by atoms with Gasteiger partial charge >= 0.3 is 5.97 Å². The summed E-state index contributed by atoms with van der Waals surface area (Å²) in [7, 11) is 1.34. The van der Waals surface area contributed by atoms with Crippen LogP contribution in [-0.2, 0) is 0 Å². The highest BCUT2D eigenvalue weighted by Crippen LogP contribution is 2.24. The molecule has 0 atom stereocenters. The van der Waals surface area contributed by atoms with E-state index in [9.17, 15) is 4.79 Å². The molecule has 3 N–H and O–H groups in total. The van der Waals surface area contributed by atoms with Crippen LogP contribution in [0.3, 0.4) is 0 Å². The third-order valence-electron chi connectivity index (χ3n) is 1.92. The van der Waals surface area contributed by atoms with E-state index in [1.54, 1.807) is 0 Å². The molecule has 0 aliphatic carbocycles. The van der Waals surface area contributed by atoms with Gasteiger partial charge in [0.25, 0.3) is 0 Å². The number of anilines is 1. The van der Waals surface area contributed by atoms with E-state index in [4.69, 9.17) is 14.9 Å². The number of hydrogen-bond donors (Lipinski definition) is 3. The number of hydrogen-bond acceptors (Lipinski definition) is 6. The number of aromatic nitrogens is 2. The quantitative estimate of drug-likeness (QED) is 0.632. The van der Waals surface area contributed by atoms with E-state index >= 15 is 0 Å². The summed E-state index contributed by atoms with van der Waals surface area (Å²) in [6, 6.07) is 0. The molecule has 0 aliphatic heterocycles. The first kappa shape index (κ1) is 13.7. The fraction of sp³-hybridized carbons (Fsp3) is 0.364. The number of carboxylic acids is 1. The SMILES string of the molecule is COc1c(NCC#CCCO)ncnc1C(=O)O. The molecule has 0 amide bonds. The smallest absolute Gasteiger partial charge is 0.358 e. The molecule has 1 aromatic heterocycles. The minimum Gasteiger partial charge on any atom is -0.491 e. The van der Waals surface area contributed by atoms with Crippen LogP contribution in [0, 0.1) is 11.8 Å². The van der Waals surface area contributed by atoms with Crippen LogP contribution in [0.2, 0.25) is 0 Å². The number of ether oxygens (including phenoxy) is 1. The third-order valence-corrected chi connectivity index (χ3v) is 1.92. The van der Waals surface area contributed by atoms with Crippen LogP contribution in [0.5, 0.6) is 5.75 Å². The van der Waals surface area contributed by atoms with Gasteiger partial charge in [-0.2, -0.15) is 0 Å². The molecule has 1 heterocycles. The van der Waals surface area contributed by atoms with Crippen molar-refractivity contribution in [2.45, 2.75) is 6.42 Å². The normalized spacial score (nSPS) is 9.22. The second-order valence-corrected chi connectivity index (χ2v) is 3.09. The molecule has 0 saturated carbocycles. The van der Waals surface area contributed by atoms with Crippen molar-refractivity contribution in [3.05, 3.63) is 12.0 Å². The lowest BCUT2D eigenvalue weighted by molar-refractivity contribution is 0.0686. The molecule has 0 radical (unpaired) electrons. The molecule has 96 valence electrons. The van der Waals surface area contributed by atoms with Crippen molar-refractivity contribution < 1.29 is 19.7 Å². The zero-order chi connectivity index (χ0) is 13.4. The van der Waals surface area contributed by atoms with Gasteiger partial charge in [-0.05, 0) is 0 Å². The zero-order valence-electron chi connectivity index (χ0n) is 9.80. The molecule has 1 aromatic rings. The second kappa shape index (κ2) is 7.09. The van der Waals surface area contributed by atoms with E-state index in [0.717, 1.165) is 6.33 Å². The van der Waals surface area contributed by atoms with E-state index < -0.39 is 5.97 Å². The Morgan fingerprint density at radius 2 is 2.28 bits per heavy atom. The number of nitrogens with zero attached hydrogens (tertiary/aromatic N) is 2. The van der Waals surface area contributed by atoms with Crippen LogP contribution in [0.15, 0.2) is 6.33 Å². The van der Waals surface area contributed by atoms with Crippen LogP contribution in [-0.4, -0.2) is 46.4 Å². The molecule has 0 spiro atoms. The molecule has 0 aromatic carbocycles. The van der Waals surface area contributed by atoms with Crippen molar-refractivity contribution in [3.63, 3.8) is 0 Å². The van der Waals surface area contributed by atoms with Gasteiger partial charge in [0, 0.05) is 6.42 Å². The molecule has 0 unspecified atom stereocenters. The molecular weight excluding hydrogens is 238 g/mol. The molecule has 0 aliphatic rings. The summed E-state index contributed by atoms with van der Waals surface area (Å²) >= 11 is 0. The van der Waals surface area contributed by atoms with Gasteiger partial charge in [0.05, 0.1) is 20.3 Å². The van der Waals surface area contributed by atoms with Crippen molar-refractivity contribution in [1.29, 1.82) is 0 Å². The largest absolute Gasteiger partial charge is 0.491 e. The van der Waals surface area contributed by atoms with Crippen molar-refractivity contribution in [1.82, 2.24) is 9.97 Å². The number of nitrogens with one attached hydrogen (secondary N) is 1. The van der Waals surface area contributed by atoms with Crippen molar-refractivity contribution in [3.8, 4) is 17.6 Å². The molecule has 7 nitrogen and oxygen atoms in total. The Kier molecular flexibility index (Phi) is 5.41. The van der Waals surface area contributed by atoms with Crippen LogP contribution in [0.1, 0.15) is 16.9 Å². The maximum Gasteiger partial charge on any atom is 0.358 e. The molecule has 0 bridgehead atoms. The maximum absolute atomic E-state index is 10.9. The summed E-state index contributed by atoms with van der Waals surface area (Å²) < 4.78 is 4.96. The molecule has 7 heteroatoms. The predicted octanol–water partition coefficient (Wildman–Crippen LogP) is -0.0189. The van der Waals surface area contributed by atoms with E-state index in [2.05, 4.69) is 27.1 Å². The van der Waals surface area contributed by atoms with Crippen molar-refractivity contribution in [2.75, 3.05) is 25.6 Å². The highest BCUT2D eigenvalue weighted by Gasteiger charge is 2.17. The Morgan fingerprint density at radius 1 is 1.50 bits per heavy atom. The highest BCUT2D eigenvalue weighted by atomic mass is 16.5. The van der Waals surface area contributed by atoms with Gasteiger partial charge in [-0.1, -0.05) is 11.8 Å². The van der Waals surface area contributed by atoms with Gasteiger partial charge in [0.1, 0.15) is 6.33 Å². The number of aliphatic hydroxyl groups excluding tert-OH is 1. The lowest BCUT2D eigenvalue weighted by atomic mass is 10.3. The molecule has 0 saturated heterocycles. The van der Waals surface area contributed by atoms with E-state index in [-0.39, 0.29) is 30.4 Å². The van der Waals surface area contributed by atoms with Gasteiger partial charge in [-0.3, -0.25) is 0 Å². The summed E-state index contributed by atoms with van der Waals surface area (Å²) in [5, 5.41) is 20.3. The summed E-state index contributed by atoms with van der Waals surface area (Å²) in [6.07, 6.45) is 1.53. The number of rotatable bonds is 5. The van der Waals surface area contributed by atoms with E-state index in [1.165, 1.54) is 7.11 Å². The Hall–Kier alpha value is -2.33. The van der Waals surface area contributed by atoms with Crippen LogP contribution < -0.4 is 10.1 Å². The zero-order valence-corrected chi connectivity index (χ0v) is 9.80. The van der Waals surface area contributed by atoms with Gasteiger partial charge in [0.2, 0.25) is 0 Å². The Morgan fingerprint density at radius 3 is 2.89 bits per heavy atom. The Labute approximate surface area is 104 Å². The Bertz CT molecular complexity index is 479. The highest BCUT2D eigenvalue weighted by molar-refractivity contribution is 5.90. The summed E-state index contributed by atoms with van der Waals surface area (Å²) in [5.41, 5.74) is -0.210. The summed E-state index contributed by atoms with van der Waals surface area (Å²) in [6.45, 7) is 0.277. The summed E-state index contributed by atoms with van der Waals surface area (Å²) in [4.78, 5) is 18.4. The molecule has 1 rings (SSSR count). The summed E-state index contributed by atoms with van der Waals surface area (Å²) in [5.74, 6) is 4.61. The van der Waals surface area contributed by atoms with Gasteiger partial charge in [-0.15, -0.1) is 0 Å². The first-order valence-corrected chi connectivity index (χ1v) is 5.13. The first-order valence-electron chi connectivity index (χ1n) is 5.13. The molecule has 18 heavy (non-hydrogen) atoms. The number of methoxy groups -OCH3 is 1. The predicted molar refractivity (Wildman–Crippen MR) is 63.5 cm³/mol.